The van der Waals surface area contributed by atoms with Crippen molar-refractivity contribution in [1.29, 1.82) is 0 Å². The molecule has 7 nitrogen and oxygen atoms in total. The van der Waals surface area contributed by atoms with E-state index in [1.165, 1.54) is 7.11 Å². The zero-order chi connectivity index (χ0) is 16.7. The van der Waals surface area contributed by atoms with E-state index in [9.17, 15) is 9.59 Å². The summed E-state index contributed by atoms with van der Waals surface area (Å²) >= 11 is 0. The van der Waals surface area contributed by atoms with Crippen molar-refractivity contribution < 1.29 is 14.3 Å². The number of carbonyl (C=O) groups is 2. The number of fused-ring (bicyclic) bond motifs is 1. The molecule has 0 saturated carbocycles. The van der Waals surface area contributed by atoms with Crippen molar-refractivity contribution in [1.82, 2.24) is 10.6 Å². The number of para-hydroxylation sites is 1. The number of esters is 1. The summed E-state index contributed by atoms with van der Waals surface area (Å²) in [7, 11) is 3.02. The third-order valence-electron chi connectivity index (χ3n) is 3.70. The molecule has 1 aromatic carbocycles. The fraction of sp³-hybridized carbons (Fsp3) is 0.438. The standard InChI is InChI=1S/C16H22N4O3/c1-17-16(18-8-7-15(22)23-2)19-10-11-9-14(21)20-13-6-4-3-5-12(11)13/h3-6,11H,7-10H2,1-2H3,(H,20,21)(H2,17,18,19). The molecule has 2 rings (SSSR count). The van der Waals surface area contributed by atoms with Crippen molar-refractivity contribution >= 4 is 23.5 Å². The lowest BCUT2D eigenvalue weighted by molar-refractivity contribution is -0.140. The fourth-order valence-electron chi connectivity index (χ4n) is 2.51. The van der Waals surface area contributed by atoms with Gasteiger partial charge >= 0.3 is 5.97 Å². The molecule has 7 heteroatoms. The van der Waals surface area contributed by atoms with Crippen LogP contribution in [0.5, 0.6) is 0 Å². The molecule has 0 radical (unpaired) electrons. The summed E-state index contributed by atoms with van der Waals surface area (Å²) in [6.45, 7) is 1.02. The highest BCUT2D eigenvalue weighted by atomic mass is 16.5. The lowest BCUT2D eigenvalue weighted by Crippen LogP contribution is -2.41. The lowest BCUT2D eigenvalue weighted by Gasteiger charge is -2.26. The van der Waals surface area contributed by atoms with Gasteiger partial charge in [-0.15, -0.1) is 0 Å². The average Bonchev–Trinajstić information content (AvgIpc) is 2.57. The second-order valence-electron chi connectivity index (χ2n) is 5.24. The number of amides is 1. The lowest BCUT2D eigenvalue weighted by atomic mass is 9.90. The van der Waals surface area contributed by atoms with Crippen molar-refractivity contribution in [3.05, 3.63) is 29.8 Å². The molecule has 1 heterocycles. The summed E-state index contributed by atoms with van der Waals surface area (Å²) in [4.78, 5) is 27.0. The van der Waals surface area contributed by atoms with Gasteiger partial charge in [-0.25, -0.2) is 0 Å². The van der Waals surface area contributed by atoms with Crippen LogP contribution < -0.4 is 16.0 Å². The molecule has 1 aliphatic rings. The Morgan fingerprint density at radius 3 is 2.91 bits per heavy atom. The number of carbonyl (C=O) groups excluding carboxylic acids is 2. The molecule has 0 saturated heterocycles. The van der Waals surface area contributed by atoms with Crippen molar-refractivity contribution in [2.24, 2.45) is 4.99 Å². The number of anilines is 1. The number of ether oxygens (including phenoxy) is 1. The van der Waals surface area contributed by atoms with Crippen LogP contribution in [0.1, 0.15) is 24.3 Å². The molecule has 124 valence electrons. The molecule has 0 aliphatic carbocycles. The Bertz CT molecular complexity index is 601. The summed E-state index contributed by atoms with van der Waals surface area (Å²) in [5, 5.41) is 9.13. The first kappa shape index (κ1) is 16.8. The SMILES string of the molecule is CN=C(NCCC(=O)OC)NCC1CC(=O)Nc2ccccc21. The Morgan fingerprint density at radius 1 is 1.39 bits per heavy atom. The molecule has 0 fully saturated rings. The quantitative estimate of drug-likeness (QED) is 0.425. The van der Waals surface area contributed by atoms with Crippen LogP contribution >= 0.6 is 0 Å². The highest BCUT2D eigenvalue weighted by Crippen LogP contribution is 2.31. The topological polar surface area (TPSA) is 91.8 Å². The summed E-state index contributed by atoms with van der Waals surface area (Å²) in [5.74, 6) is 0.423. The minimum absolute atomic E-state index is 0.0177. The maximum Gasteiger partial charge on any atom is 0.307 e. The second kappa shape index (κ2) is 8.17. The van der Waals surface area contributed by atoms with Gasteiger partial charge in [-0.2, -0.15) is 0 Å². The number of nitrogens with zero attached hydrogens (tertiary/aromatic N) is 1. The maximum absolute atomic E-state index is 11.8. The molecule has 1 atom stereocenters. The van der Waals surface area contributed by atoms with Crippen LogP contribution in [0.15, 0.2) is 29.3 Å². The zero-order valence-electron chi connectivity index (χ0n) is 13.4. The number of benzene rings is 1. The predicted molar refractivity (Wildman–Crippen MR) is 88.4 cm³/mol. The maximum atomic E-state index is 11.8. The first-order valence-electron chi connectivity index (χ1n) is 7.54. The van der Waals surface area contributed by atoms with Crippen LogP contribution in [0.3, 0.4) is 0 Å². The van der Waals surface area contributed by atoms with Crippen molar-refractivity contribution in [3.8, 4) is 0 Å². The van der Waals surface area contributed by atoms with E-state index in [1.54, 1.807) is 7.05 Å². The first-order valence-corrected chi connectivity index (χ1v) is 7.54. The van der Waals surface area contributed by atoms with E-state index in [0.29, 0.717) is 25.5 Å². The summed E-state index contributed by atoms with van der Waals surface area (Å²) in [6, 6.07) is 7.80. The van der Waals surface area contributed by atoms with Gasteiger partial charge in [-0.05, 0) is 11.6 Å². The number of nitrogens with one attached hydrogen (secondary N) is 3. The molecule has 1 amide bonds. The van der Waals surface area contributed by atoms with Gasteiger partial charge in [0.05, 0.1) is 13.5 Å². The van der Waals surface area contributed by atoms with E-state index in [4.69, 9.17) is 0 Å². The third-order valence-corrected chi connectivity index (χ3v) is 3.70. The minimum Gasteiger partial charge on any atom is -0.469 e. The summed E-state index contributed by atoms with van der Waals surface area (Å²) in [6.07, 6.45) is 0.703. The normalized spacial score (nSPS) is 17.0. The molecule has 1 aromatic rings. The Kier molecular flexibility index (Phi) is 5.96. The van der Waals surface area contributed by atoms with Gasteiger partial charge in [0.25, 0.3) is 0 Å². The monoisotopic (exact) mass is 318 g/mol. The Hall–Kier alpha value is -2.57. The molecule has 23 heavy (non-hydrogen) atoms. The van der Waals surface area contributed by atoms with Crippen LogP contribution in [0.4, 0.5) is 5.69 Å². The summed E-state index contributed by atoms with van der Waals surface area (Å²) < 4.78 is 4.59. The van der Waals surface area contributed by atoms with Gasteiger partial charge in [-0.3, -0.25) is 14.6 Å². The molecule has 1 aliphatic heterocycles. The largest absolute Gasteiger partial charge is 0.469 e. The van der Waals surface area contributed by atoms with Gasteiger partial charge in [0, 0.05) is 38.2 Å². The number of methoxy groups -OCH3 is 1. The van der Waals surface area contributed by atoms with E-state index in [-0.39, 0.29) is 24.2 Å². The minimum atomic E-state index is -0.272. The number of hydrogen-bond acceptors (Lipinski definition) is 4. The van der Waals surface area contributed by atoms with Crippen molar-refractivity contribution in [2.75, 3.05) is 32.6 Å². The first-order chi connectivity index (χ1) is 11.1. The van der Waals surface area contributed by atoms with E-state index < -0.39 is 0 Å². The van der Waals surface area contributed by atoms with Crippen LogP contribution in [0, 0.1) is 0 Å². The van der Waals surface area contributed by atoms with Crippen LogP contribution in [0.25, 0.3) is 0 Å². The van der Waals surface area contributed by atoms with E-state index >= 15 is 0 Å². The number of rotatable bonds is 5. The van der Waals surface area contributed by atoms with Crippen molar-refractivity contribution in [3.63, 3.8) is 0 Å². The van der Waals surface area contributed by atoms with Gasteiger partial charge in [0.1, 0.15) is 0 Å². The molecule has 3 N–H and O–H groups in total. The van der Waals surface area contributed by atoms with E-state index in [0.717, 1.165) is 11.3 Å². The fourth-order valence-corrected chi connectivity index (χ4v) is 2.51. The molecular formula is C16H22N4O3. The Morgan fingerprint density at radius 2 is 2.17 bits per heavy atom. The van der Waals surface area contributed by atoms with Gasteiger partial charge < -0.3 is 20.7 Å². The van der Waals surface area contributed by atoms with Crippen LogP contribution in [-0.2, 0) is 14.3 Å². The van der Waals surface area contributed by atoms with E-state index in [1.807, 2.05) is 24.3 Å². The Balaban J connectivity index is 1.89. The highest BCUT2D eigenvalue weighted by molar-refractivity contribution is 5.94. The highest BCUT2D eigenvalue weighted by Gasteiger charge is 2.24. The molecule has 0 bridgehead atoms. The van der Waals surface area contributed by atoms with Gasteiger partial charge in [0.2, 0.25) is 5.91 Å². The van der Waals surface area contributed by atoms with Crippen LogP contribution in [0.2, 0.25) is 0 Å². The number of aliphatic imine (C=N–C) groups is 1. The van der Waals surface area contributed by atoms with E-state index in [2.05, 4.69) is 25.7 Å². The molecule has 0 aromatic heterocycles. The smallest absolute Gasteiger partial charge is 0.307 e. The molecule has 1 unspecified atom stereocenters. The van der Waals surface area contributed by atoms with Crippen LogP contribution in [-0.4, -0.2) is 45.1 Å². The second-order valence-corrected chi connectivity index (χ2v) is 5.24. The molecular weight excluding hydrogens is 296 g/mol. The third kappa shape index (κ3) is 4.70. The average molecular weight is 318 g/mol. The van der Waals surface area contributed by atoms with Gasteiger partial charge in [-0.1, -0.05) is 18.2 Å². The summed E-state index contributed by atoms with van der Waals surface area (Å²) in [5.41, 5.74) is 1.98. The predicted octanol–water partition coefficient (Wildman–Crippen LogP) is 0.841. The zero-order valence-corrected chi connectivity index (χ0v) is 13.4. The van der Waals surface area contributed by atoms with Gasteiger partial charge in [0.15, 0.2) is 5.96 Å². The molecule has 0 spiro atoms. The van der Waals surface area contributed by atoms with Crippen molar-refractivity contribution in [2.45, 2.75) is 18.8 Å². The number of guanidine groups is 1. The number of hydrogen-bond donors (Lipinski definition) is 3. The Labute approximate surface area is 135 Å².